The minimum absolute atomic E-state index is 1.00. The van der Waals surface area contributed by atoms with Gasteiger partial charge in [-0.3, -0.25) is 0 Å². The van der Waals surface area contributed by atoms with E-state index in [1.807, 2.05) is 5.92 Å². The largest absolute Gasteiger partial charge is 0.0654 e. The zero-order valence-corrected chi connectivity index (χ0v) is 10.1. The van der Waals surface area contributed by atoms with Crippen molar-refractivity contribution in [1.29, 1.82) is 0 Å². The van der Waals surface area contributed by atoms with Crippen LogP contribution in [0.2, 0.25) is 0 Å². The van der Waals surface area contributed by atoms with Gasteiger partial charge in [0.1, 0.15) is 0 Å². The lowest BCUT2D eigenvalue weighted by Crippen LogP contribution is -2.10. The molecule has 1 fully saturated rings. The lowest BCUT2D eigenvalue weighted by Gasteiger charge is -2.25. The lowest BCUT2D eigenvalue weighted by molar-refractivity contribution is 0.387. The fourth-order valence-corrected chi connectivity index (χ4v) is 2.61. The average Bonchev–Trinajstić information content (AvgIpc) is 2.25. The van der Waals surface area contributed by atoms with Crippen molar-refractivity contribution in [3.05, 3.63) is 5.92 Å². The van der Waals surface area contributed by atoms with Gasteiger partial charge in [0.05, 0.1) is 0 Å². The van der Waals surface area contributed by atoms with Crippen molar-refractivity contribution in [3.63, 3.8) is 0 Å². The van der Waals surface area contributed by atoms with Gasteiger partial charge in [-0.25, -0.2) is 0 Å². The Labute approximate surface area is 90.5 Å². The van der Waals surface area contributed by atoms with Gasteiger partial charge < -0.3 is 0 Å². The predicted octanol–water partition coefficient (Wildman–Crippen LogP) is 5.13. The molecule has 0 N–H and O–H groups in total. The zero-order chi connectivity index (χ0) is 10.2. The first-order valence-electron chi connectivity index (χ1n) is 6.70. The van der Waals surface area contributed by atoms with Gasteiger partial charge in [0.15, 0.2) is 0 Å². The molecule has 1 saturated carbocycles. The summed E-state index contributed by atoms with van der Waals surface area (Å²) in [5.74, 6) is 2.89. The Morgan fingerprint density at radius 2 is 1.79 bits per heavy atom. The van der Waals surface area contributed by atoms with Crippen LogP contribution in [0.25, 0.3) is 0 Å². The molecular weight excluding hydrogens is 168 g/mol. The number of hydrogen-bond donors (Lipinski definition) is 0. The average molecular weight is 195 g/mol. The summed E-state index contributed by atoms with van der Waals surface area (Å²) in [6, 6.07) is 0. The van der Waals surface area contributed by atoms with E-state index < -0.39 is 0 Å². The van der Waals surface area contributed by atoms with E-state index in [-0.39, 0.29) is 0 Å². The summed E-state index contributed by atoms with van der Waals surface area (Å²) in [5, 5.41) is 0. The van der Waals surface area contributed by atoms with Crippen LogP contribution >= 0.6 is 0 Å². The maximum absolute atomic E-state index is 2.36. The second-order valence-corrected chi connectivity index (χ2v) is 4.93. The van der Waals surface area contributed by atoms with Gasteiger partial charge in [-0.15, -0.1) is 0 Å². The number of unbranched alkanes of at least 4 members (excludes halogenated alkanes) is 1. The van der Waals surface area contributed by atoms with Crippen LogP contribution in [0, 0.1) is 11.8 Å². The Bertz CT molecular complexity index is 122. The minimum atomic E-state index is 1.00. The van der Waals surface area contributed by atoms with Crippen LogP contribution in [0.4, 0.5) is 0 Å². The van der Waals surface area contributed by atoms with Gasteiger partial charge in [0, 0.05) is 0 Å². The molecule has 0 heterocycles. The Kier molecular flexibility index (Phi) is 6.31. The summed E-state index contributed by atoms with van der Waals surface area (Å²) in [7, 11) is 0. The second-order valence-electron chi connectivity index (χ2n) is 4.93. The summed E-state index contributed by atoms with van der Waals surface area (Å²) in [6.07, 6.45) is 14.4. The van der Waals surface area contributed by atoms with Crippen molar-refractivity contribution >= 4 is 0 Å². The van der Waals surface area contributed by atoms with E-state index in [0.717, 1.165) is 5.92 Å². The van der Waals surface area contributed by atoms with Crippen molar-refractivity contribution in [2.75, 3.05) is 0 Å². The zero-order valence-electron chi connectivity index (χ0n) is 10.1. The number of rotatable bonds is 6. The van der Waals surface area contributed by atoms with Crippen molar-refractivity contribution in [1.82, 2.24) is 0 Å². The molecule has 1 unspecified atom stereocenters. The van der Waals surface area contributed by atoms with Crippen LogP contribution in [0.5, 0.6) is 0 Å². The molecule has 0 aliphatic heterocycles. The molecule has 83 valence electrons. The molecule has 1 radical (unpaired) electrons. The lowest BCUT2D eigenvalue weighted by atomic mass is 9.80. The van der Waals surface area contributed by atoms with Gasteiger partial charge in [-0.05, 0) is 31.1 Å². The van der Waals surface area contributed by atoms with E-state index in [1.165, 1.54) is 64.2 Å². The van der Waals surface area contributed by atoms with E-state index >= 15 is 0 Å². The first-order chi connectivity index (χ1) is 6.86. The van der Waals surface area contributed by atoms with Crippen molar-refractivity contribution in [3.8, 4) is 0 Å². The van der Waals surface area contributed by atoms with Crippen molar-refractivity contribution in [2.45, 2.75) is 78.1 Å². The summed E-state index contributed by atoms with van der Waals surface area (Å²) in [5.41, 5.74) is 0. The molecular formula is C14H27. The van der Waals surface area contributed by atoms with Gasteiger partial charge in [-0.1, -0.05) is 58.8 Å². The predicted molar refractivity (Wildman–Crippen MR) is 64.3 cm³/mol. The smallest absolute Gasteiger partial charge is 0.0238 e. The summed E-state index contributed by atoms with van der Waals surface area (Å²) in [4.78, 5) is 0. The molecule has 0 nitrogen and oxygen atoms in total. The SMILES string of the molecule is CCCCC(CC)C[C]1CCCCC1. The quantitative estimate of drug-likeness (QED) is 0.551. The van der Waals surface area contributed by atoms with Gasteiger partial charge in [0.25, 0.3) is 0 Å². The van der Waals surface area contributed by atoms with Gasteiger partial charge in [-0.2, -0.15) is 0 Å². The third-order valence-corrected chi connectivity index (χ3v) is 3.68. The highest BCUT2D eigenvalue weighted by atomic mass is 14.2. The maximum Gasteiger partial charge on any atom is -0.0238 e. The van der Waals surface area contributed by atoms with Crippen molar-refractivity contribution in [2.24, 2.45) is 5.92 Å². The highest BCUT2D eigenvalue weighted by Crippen LogP contribution is 2.33. The molecule has 0 bridgehead atoms. The minimum Gasteiger partial charge on any atom is -0.0654 e. The fourth-order valence-electron chi connectivity index (χ4n) is 2.61. The topological polar surface area (TPSA) is 0 Å². The summed E-state index contributed by atoms with van der Waals surface area (Å²) in [6.45, 7) is 4.67. The molecule has 0 saturated heterocycles. The third-order valence-electron chi connectivity index (χ3n) is 3.68. The fraction of sp³-hybridized carbons (Fsp3) is 0.929. The molecule has 0 aromatic carbocycles. The summed E-state index contributed by atoms with van der Waals surface area (Å²) < 4.78 is 0. The number of hydrogen-bond acceptors (Lipinski definition) is 0. The van der Waals surface area contributed by atoms with E-state index in [0.29, 0.717) is 0 Å². The molecule has 1 rings (SSSR count). The molecule has 0 amide bonds. The van der Waals surface area contributed by atoms with Gasteiger partial charge >= 0.3 is 0 Å². The molecule has 1 aliphatic rings. The first-order valence-corrected chi connectivity index (χ1v) is 6.70. The van der Waals surface area contributed by atoms with Crippen LogP contribution in [-0.4, -0.2) is 0 Å². The normalized spacial score (nSPS) is 21.0. The molecule has 0 spiro atoms. The Morgan fingerprint density at radius 1 is 1.07 bits per heavy atom. The van der Waals surface area contributed by atoms with Crippen molar-refractivity contribution < 1.29 is 0 Å². The Morgan fingerprint density at radius 3 is 2.36 bits per heavy atom. The summed E-state index contributed by atoms with van der Waals surface area (Å²) >= 11 is 0. The van der Waals surface area contributed by atoms with E-state index in [4.69, 9.17) is 0 Å². The molecule has 1 atom stereocenters. The van der Waals surface area contributed by atoms with Crippen LogP contribution in [0.1, 0.15) is 78.1 Å². The second kappa shape index (κ2) is 7.31. The highest BCUT2D eigenvalue weighted by molar-refractivity contribution is 4.93. The van der Waals surface area contributed by atoms with Gasteiger partial charge in [0.2, 0.25) is 0 Å². The van der Waals surface area contributed by atoms with E-state index in [1.54, 1.807) is 0 Å². The molecule has 0 aromatic rings. The third kappa shape index (κ3) is 4.48. The first kappa shape index (κ1) is 12.1. The Hall–Kier alpha value is 0. The highest BCUT2D eigenvalue weighted by Gasteiger charge is 2.17. The van der Waals surface area contributed by atoms with Crippen LogP contribution in [0.3, 0.4) is 0 Å². The maximum atomic E-state index is 2.36. The van der Waals surface area contributed by atoms with E-state index in [9.17, 15) is 0 Å². The van der Waals surface area contributed by atoms with Crippen LogP contribution < -0.4 is 0 Å². The molecule has 0 heteroatoms. The standard InChI is InChI=1S/C14H27/c1-3-5-9-13(4-2)12-14-10-7-6-8-11-14/h13H,3-12H2,1-2H3. The molecule has 1 aliphatic carbocycles. The monoisotopic (exact) mass is 195 g/mol. The molecule has 14 heavy (non-hydrogen) atoms. The molecule has 0 aromatic heterocycles. The van der Waals surface area contributed by atoms with E-state index in [2.05, 4.69) is 13.8 Å². The van der Waals surface area contributed by atoms with Crippen LogP contribution in [0.15, 0.2) is 0 Å². The van der Waals surface area contributed by atoms with Crippen LogP contribution in [-0.2, 0) is 0 Å². The Balaban J connectivity index is 2.16.